The molecule has 1 unspecified atom stereocenters. The van der Waals surface area contributed by atoms with Gasteiger partial charge in [-0.1, -0.05) is 68.7 Å². The number of benzene rings is 2. The summed E-state index contributed by atoms with van der Waals surface area (Å²) in [5.41, 5.74) is 2.99. The molecule has 1 aliphatic rings. The molecule has 2 heterocycles. The van der Waals surface area contributed by atoms with Crippen LogP contribution >= 0.6 is 0 Å². The van der Waals surface area contributed by atoms with Crippen LogP contribution in [0, 0.1) is 0 Å². The molecule has 0 fully saturated rings. The third-order valence-corrected chi connectivity index (χ3v) is 6.65. The molecule has 33 heavy (non-hydrogen) atoms. The number of aromatic nitrogens is 2. The predicted octanol–water partition coefficient (Wildman–Crippen LogP) is 4.15. The number of hydrogen-bond donors (Lipinski definition) is 1. The largest absolute Gasteiger partial charge is 0.349 e. The molecule has 6 nitrogen and oxygen atoms in total. The van der Waals surface area contributed by atoms with E-state index in [-0.39, 0.29) is 17.5 Å². The van der Waals surface area contributed by atoms with E-state index < -0.39 is 0 Å². The van der Waals surface area contributed by atoms with Crippen molar-refractivity contribution >= 4 is 16.7 Å². The maximum atomic E-state index is 13.2. The molecule has 174 valence electrons. The lowest BCUT2D eigenvalue weighted by Gasteiger charge is -2.33. The van der Waals surface area contributed by atoms with Crippen molar-refractivity contribution in [1.82, 2.24) is 20.0 Å². The molecule has 1 atom stereocenters. The highest BCUT2D eigenvalue weighted by Crippen LogP contribution is 2.20. The minimum Gasteiger partial charge on any atom is -0.349 e. The number of rotatable bonds is 9. The summed E-state index contributed by atoms with van der Waals surface area (Å²) >= 11 is 0. The third kappa shape index (κ3) is 5.33. The monoisotopic (exact) mass is 446 g/mol. The van der Waals surface area contributed by atoms with Crippen LogP contribution in [0.2, 0.25) is 0 Å². The molecule has 3 aromatic rings. The molecule has 1 aliphatic heterocycles. The van der Waals surface area contributed by atoms with E-state index in [1.54, 1.807) is 6.07 Å². The average molecular weight is 447 g/mol. The molecule has 2 aromatic carbocycles. The van der Waals surface area contributed by atoms with Gasteiger partial charge in [0.25, 0.3) is 11.5 Å². The van der Waals surface area contributed by atoms with E-state index in [4.69, 9.17) is 0 Å². The van der Waals surface area contributed by atoms with Gasteiger partial charge in [0.15, 0.2) is 5.69 Å². The van der Waals surface area contributed by atoms with Gasteiger partial charge in [-0.15, -0.1) is 0 Å². The lowest BCUT2D eigenvalue weighted by atomic mass is 9.99. The molecule has 0 saturated heterocycles. The van der Waals surface area contributed by atoms with Crippen molar-refractivity contribution < 1.29 is 4.79 Å². The smallest absolute Gasteiger partial charge is 0.274 e. The van der Waals surface area contributed by atoms with E-state index in [1.165, 1.54) is 15.8 Å². The van der Waals surface area contributed by atoms with Crippen LogP contribution in [0.25, 0.3) is 10.8 Å². The first-order chi connectivity index (χ1) is 16.1. The molecule has 0 aliphatic carbocycles. The lowest BCUT2D eigenvalue weighted by Crippen LogP contribution is -2.44. The minimum atomic E-state index is -0.224. The van der Waals surface area contributed by atoms with Gasteiger partial charge in [-0.05, 0) is 37.0 Å². The fourth-order valence-corrected chi connectivity index (χ4v) is 4.59. The van der Waals surface area contributed by atoms with E-state index in [0.717, 1.165) is 45.2 Å². The van der Waals surface area contributed by atoms with Gasteiger partial charge in [0.2, 0.25) is 0 Å². The van der Waals surface area contributed by atoms with E-state index in [0.29, 0.717) is 29.6 Å². The first-order valence-corrected chi connectivity index (χ1v) is 12.2. The van der Waals surface area contributed by atoms with Crippen molar-refractivity contribution in [2.75, 3.05) is 13.1 Å². The molecule has 0 bridgehead atoms. The van der Waals surface area contributed by atoms with Crippen molar-refractivity contribution in [3.05, 3.63) is 75.7 Å². The summed E-state index contributed by atoms with van der Waals surface area (Å²) in [5, 5.41) is 8.74. The summed E-state index contributed by atoms with van der Waals surface area (Å²) in [6.07, 6.45) is 5.23. The number of fused-ring (bicyclic) bond motifs is 2. The van der Waals surface area contributed by atoms with Crippen LogP contribution in [0.15, 0.2) is 53.3 Å². The molecule has 1 N–H and O–H groups in total. The Morgan fingerprint density at radius 1 is 1.03 bits per heavy atom. The Hall–Kier alpha value is -2.99. The van der Waals surface area contributed by atoms with E-state index in [9.17, 15) is 9.59 Å². The lowest BCUT2D eigenvalue weighted by molar-refractivity contribution is 0.0927. The van der Waals surface area contributed by atoms with Crippen LogP contribution < -0.4 is 10.9 Å². The molecule has 6 heteroatoms. The standard InChI is InChI=1S/C27H34N4O2/c1-3-4-5-10-16-31-27(33)24-14-9-8-13-23(24)25(29-31)26(32)28-18-20(2)30-17-15-21-11-6-7-12-22(21)19-30/h6-9,11-14,20H,3-5,10,15-19H2,1-2H3,(H,28,32). The number of unbranched alkanes of at least 4 members (excludes halogenated alkanes) is 3. The molecule has 1 aromatic heterocycles. The number of aryl methyl sites for hydroxylation is 1. The Bertz CT molecular complexity index is 1170. The minimum absolute atomic E-state index is 0.126. The first kappa shape index (κ1) is 23.2. The summed E-state index contributed by atoms with van der Waals surface area (Å²) < 4.78 is 1.47. The maximum absolute atomic E-state index is 13.2. The Morgan fingerprint density at radius 2 is 1.76 bits per heavy atom. The van der Waals surface area contributed by atoms with Crippen LogP contribution in [0.5, 0.6) is 0 Å². The van der Waals surface area contributed by atoms with Crippen LogP contribution in [0.3, 0.4) is 0 Å². The first-order valence-electron chi connectivity index (χ1n) is 12.2. The number of carbonyl (C=O) groups is 1. The predicted molar refractivity (Wildman–Crippen MR) is 132 cm³/mol. The molecule has 0 saturated carbocycles. The van der Waals surface area contributed by atoms with Crippen molar-refractivity contribution in [1.29, 1.82) is 0 Å². The summed E-state index contributed by atoms with van der Waals surface area (Å²) in [6.45, 7) is 7.26. The molecule has 0 spiro atoms. The Kier molecular flexibility index (Phi) is 7.55. The van der Waals surface area contributed by atoms with E-state index >= 15 is 0 Å². The average Bonchev–Trinajstić information content (AvgIpc) is 2.86. The Labute approximate surface area is 195 Å². The van der Waals surface area contributed by atoms with Gasteiger partial charge in [-0.2, -0.15) is 5.10 Å². The number of nitrogens with one attached hydrogen (secondary N) is 1. The van der Waals surface area contributed by atoms with Crippen LogP contribution in [-0.4, -0.2) is 39.7 Å². The second-order valence-corrected chi connectivity index (χ2v) is 9.03. The zero-order valence-corrected chi connectivity index (χ0v) is 19.7. The number of hydrogen-bond acceptors (Lipinski definition) is 4. The van der Waals surface area contributed by atoms with Gasteiger partial charge < -0.3 is 5.32 Å². The van der Waals surface area contributed by atoms with Crippen LogP contribution in [0.1, 0.15) is 61.1 Å². The van der Waals surface area contributed by atoms with Crippen molar-refractivity contribution in [3.8, 4) is 0 Å². The third-order valence-electron chi connectivity index (χ3n) is 6.65. The highest BCUT2D eigenvalue weighted by molar-refractivity contribution is 6.04. The van der Waals surface area contributed by atoms with Gasteiger partial charge in [-0.25, -0.2) is 4.68 Å². The second-order valence-electron chi connectivity index (χ2n) is 9.03. The van der Waals surface area contributed by atoms with Gasteiger partial charge >= 0.3 is 0 Å². The molecule has 1 amide bonds. The molecule has 4 rings (SSSR count). The Balaban J connectivity index is 1.47. The van der Waals surface area contributed by atoms with Crippen molar-refractivity contribution in [2.24, 2.45) is 0 Å². The highest BCUT2D eigenvalue weighted by Gasteiger charge is 2.22. The zero-order chi connectivity index (χ0) is 23.2. The maximum Gasteiger partial charge on any atom is 0.274 e. The fourth-order valence-electron chi connectivity index (χ4n) is 4.59. The number of nitrogens with zero attached hydrogens (tertiary/aromatic N) is 3. The second kappa shape index (κ2) is 10.8. The van der Waals surface area contributed by atoms with Crippen LogP contribution in [0.4, 0.5) is 0 Å². The van der Waals surface area contributed by atoms with E-state index in [1.807, 2.05) is 18.2 Å². The van der Waals surface area contributed by atoms with Gasteiger partial charge in [0.1, 0.15) is 0 Å². The van der Waals surface area contributed by atoms with Crippen molar-refractivity contribution in [3.63, 3.8) is 0 Å². The summed E-state index contributed by atoms with van der Waals surface area (Å²) in [5.74, 6) is -0.224. The highest BCUT2D eigenvalue weighted by atomic mass is 16.2. The van der Waals surface area contributed by atoms with Gasteiger partial charge in [0.05, 0.1) is 5.39 Å². The zero-order valence-electron chi connectivity index (χ0n) is 19.7. The van der Waals surface area contributed by atoms with Gasteiger partial charge in [-0.3, -0.25) is 14.5 Å². The Morgan fingerprint density at radius 3 is 2.55 bits per heavy atom. The SMILES string of the molecule is CCCCCCn1nc(C(=O)NCC(C)N2CCc3ccccc3C2)c2ccccc2c1=O. The molecular weight excluding hydrogens is 412 g/mol. The van der Waals surface area contributed by atoms with Gasteiger partial charge in [0, 0.05) is 37.6 Å². The topological polar surface area (TPSA) is 67.2 Å². The fraction of sp³-hybridized carbons (Fsp3) is 0.444. The summed E-state index contributed by atoms with van der Waals surface area (Å²) in [4.78, 5) is 28.5. The quantitative estimate of drug-likeness (QED) is 0.502. The summed E-state index contributed by atoms with van der Waals surface area (Å²) in [6, 6.07) is 16.1. The normalized spacial score (nSPS) is 14.7. The van der Waals surface area contributed by atoms with Crippen molar-refractivity contribution in [2.45, 2.75) is 65.1 Å². The molecule has 0 radical (unpaired) electrons. The molecular formula is C27H34N4O2. The summed E-state index contributed by atoms with van der Waals surface area (Å²) in [7, 11) is 0. The van der Waals surface area contributed by atoms with E-state index in [2.05, 4.69) is 53.4 Å². The number of carbonyl (C=O) groups excluding carboxylic acids is 1. The van der Waals surface area contributed by atoms with Crippen LogP contribution in [-0.2, 0) is 19.5 Å². The number of amides is 1.